The molecule has 1 heterocycles. The van der Waals surface area contributed by atoms with Crippen LogP contribution < -0.4 is 0 Å². The summed E-state index contributed by atoms with van der Waals surface area (Å²) in [5.74, 6) is -0.242. The van der Waals surface area contributed by atoms with Gasteiger partial charge < -0.3 is 0 Å². The lowest BCUT2D eigenvalue weighted by atomic mass is 9.80. The number of amides is 4. The Balaban J connectivity index is 2.07. The number of carbonyl (C=O) groups excluding carboxylic acids is 3. The fourth-order valence-electron chi connectivity index (χ4n) is 3.52. The molecular formula is C16H16Cl2N2O3. The number of carbonyl (C=O) groups is 3. The summed E-state index contributed by atoms with van der Waals surface area (Å²) in [7, 11) is 2.82. The van der Waals surface area contributed by atoms with Crippen molar-refractivity contribution in [3.05, 3.63) is 34.4 Å². The number of urea groups is 1. The van der Waals surface area contributed by atoms with Crippen LogP contribution in [-0.4, -0.2) is 41.7 Å². The maximum atomic E-state index is 12.7. The van der Waals surface area contributed by atoms with Gasteiger partial charge in [-0.15, -0.1) is 23.2 Å². The number of benzene rings is 1. The molecule has 0 bridgehead atoms. The summed E-state index contributed by atoms with van der Waals surface area (Å²) in [6.07, 6.45) is 0.572. The number of hydrogen-bond donors (Lipinski definition) is 0. The lowest BCUT2D eigenvalue weighted by Crippen LogP contribution is -2.63. The smallest absolute Gasteiger partial charge is 0.273 e. The Morgan fingerprint density at radius 1 is 0.913 bits per heavy atom. The molecule has 1 aromatic carbocycles. The predicted molar refractivity (Wildman–Crippen MR) is 86.3 cm³/mol. The van der Waals surface area contributed by atoms with Crippen molar-refractivity contribution in [2.75, 3.05) is 14.1 Å². The van der Waals surface area contributed by atoms with Gasteiger partial charge in [0, 0.05) is 25.9 Å². The zero-order valence-corrected chi connectivity index (χ0v) is 14.4. The van der Waals surface area contributed by atoms with Gasteiger partial charge in [0.05, 0.1) is 0 Å². The van der Waals surface area contributed by atoms with Crippen LogP contribution in [0.4, 0.5) is 4.79 Å². The van der Waals surface area contributed by atoms with Crippen molar-refractivity contribution in [3.8, 4) is 0 Å². The van der Waals surface area contributed by atoms with Crippen LogP contribution in [-0.2, 0) is 34.2 Å². The molecule has 5 nitrogen and oxygen atoms in total. The molecule has 0 aromatic heterocycles. The van der Waals surface area contributed by atoms with E-state index in [9.17, 15) is 14.4 Å². The number of alkyl halides is 2. The van der Waals surface area contributed by atoms with Crippen molar-refractivity contribution in [2.24, 2.45) is 5.41 Å². The highest BCUT2D eigenvalue weighted by Gasteiger charge is 2.57. The van der Waals surface area contributed by atoms with Crippen LogP contribution in [0.1, 0.15) is 22.3 Å². The number of rotatable bonds is 2. The van der Waals surface area contributed by atoms with Crippen LogP contribution >= 0.6 is 23.2 Å². The van der Waals surface area contributed by atoms with E-state index < -0.39 is 23.3 Å². The zero-order chi connectivity index (χ0) is 16.9. The first kappa shape index (κ1) is 16.3. The number of halogens is 2. The topological polar surface area (TPSA) is 57.7 Å². The molecule has 1 saturated heterocycles. The summed E-state index contributed by atoms with van der Waals surface area (Å²) in [6.45, 7) is 0. The van der Waals surface area contributed by atoms with Crippen molar-refractivity contribution in [3.63, 3.8) is 0 Å². The Hall–Kier alpha value is -1.59. The summed E-state index contributed by atoms with van der Waals surface area (Å²) in [6, 6.07) is 3.25. The third-order valence-electron chi connectivity index (χ3n) is 4.80. The highest BCUT2D eigenvalue weighted by molar-refractivity contribution is 6.20. The second kappa shape index (κ2) is 5.49. The molecule has 0 atom stereocenters. The van der Waals surface area contributed by atoms with Gasteiger partial charge in [-0.3, -0.25) is 19.4 Å². The normalized spacial score (nSPS) is 19.7. The number of barbiturate groups is 1. The second-order valence-electron chi connectivity index (χ2n) is 6.10. The maximum absolute atomic E-state index is 12.7. The molecule has 2 aliphatic rings. The standard InChI is InChI=1S/C16H16Cl2N2O3/c1-19-13(21)16(14(22)20(2)15(19)23)5-9-3-11(7-17)12(8-18)4-10(9)6-16/h3-4H,5-8H2,1-2H3. The average Bonchev–Trinajstić information content (AvgIpc) is 2.95. The van der Waals surface area contributed by atoms with Gasteiger partial charge in [0.15, 0.2) is 0 Å². The molecule has 122 valence electrons. The minimum Gasteiger partial charge on any atom is -0.273 e. The van der Waals surface area contributed by atoms with Crippen molar-refractivity contribution in [2.45, 2.75) is 24.6 Å². The summed E-state index contributed by atoms with van der Waals surface area (Å²) in [5, 5.41) is 0. The van der Waals surface area contributed by atoms with Gasteiger partial charge in [-0.2, -0.15) is 0 Å². The minimum absolute atomic E-state index is 0.286. The molecule has 1 aliphatic carbocycles. The van der Waals surface area contributed by atoms with E-state index in [1.54, 1.807) is 0 Å². The van der Waals surface area contributed by atoms with Crippen LogP contribution in [0.15, 0.2) is 12.1 Å². The molecule has 1 aliphatic heterocycles. The first-order valence-corrected chi connectivity index (χ1v) is 8.28. The van der Waals surface area contributed by atoms with E-state index in [0.29, 0.717) is 11.8 Å². The Kier molecular flexibility index (Phi) is 3.89. The quantitative estimate of drug-likeness (QED) is 0.604. The van der Waals surface area contributed by atoms with Crippen molar-refractivity contribution in [1.29, 1.82) is 0 Å². The van der Waals surface area contributed by atoms with Crippen LogP contribution in [0.3, 0.4) is 0 Å². The molecular weight excluding hydrogens is 339 g/mol. The molecule has 0 unspecified atom stereocenters. The molecule has 1 spiro atoms. The van der Waals surface area contributed by atoms with Gasteiger partial charge in [-0.1, -0.05) is 12.1 Å². The van der Waals surface area contributed by atoms with Gasteiger partial charge in [-0.05, 0) is 35.1 Å². The highest BCUT2D eigenvalue weighted by Crippen LogP contribution is 2.43. The summed E-state index contributed by atoms with van der Waals surface area (Å²) >= 11 is 11.9. The van der Waals surface area contributed by atoms with Crippen LogP contribution in [0.2, 0.25) is 0 Å². The summed E-state index contributed by atoms with van der Waals surface area (Å²) in [5.41, 5.74) is 2.44. The first-order chi connectivity index (χ1) is 10.9. The summed E-state index contributed by atoms with van der Waals surface area (Å²) in [4.78, 5) is 39.4. The van der Waals surface area contributed by atoms with Crippen LogP contribution in [0.25, 0.3) is 0 Å². The average molecular weight is 355 g/mol. The molecule has 23 heavy (non-hydrogen) atoms. The molecule has 3 rings (SSSR count). The Morgan fingerprint density at radius 2 is 1.30 bits per heavy atom. The Morgan fingerprint density at radius 3 is 1.65 bits per heavy atom. The van der Waals surface area contributed by atoms with Crippen LogP contribution in [0.5, 0.6) is 0 Å². The van der Waals surface area contributed by atoms with E-state index >= 15 is 0 Å². The lowest BCUT2D eigenvalue weighted by molar-refractivity contribution is -0.156. The van der Waals surface area contributed by atoms with E-state index in [0.717, 1.165) is 32.1 Å². The molecule has 1 fully saturated rings. The van der Waals surface area contributed by atoms with E-state index in [1.807, 2.05) is 12.1 Å². The number of imide groups is 2. The largest absolute Gasteiger partial charge is 0.332 e. The Labute approximate surface area is 144 Å². The number of nitrogens with zero attached hydrogens (tertiary/aromatic N) is 2. The third kappa shape index (κ3) is 2.17. The van der Waals surface area contributed by atoms with Gasteiger partial charge in [0.2, 0.25) is 11.8 Å². The molecule has 7 heteroatoms. The van der Waals surface area contributed by atoms with E-state index in [4.69, 9.17) is 23.2 Å². The molecule has 0 N–H and O–H groups in total. The summed E-state index contributed by atoms with van der Waals surface area (Å²) < 4.78 is 0. The third-order valence-corrected chi connectivity index (χ3v) is 5.37. The van der Waals surface area contributed by atoms with Crippen molar-refractivity contribution >= 4 is 41.0 Å². The molecule has 0 saturated carbocycles. The number of hydrogen-bond acceptors (Lipinski definition) is 3. The van der Waals surface area contributed by atoms with Crippen molar-refractivity contribution in [1.82, 2.24) is 9.80 Å². The van der Waals surface area contributed by atoms with E-state index in [1.165, 1.54) is 14.1 Å². The minimum atomic E-state index is -1.23. The van der Waals surface area contributed by atoms with E-state index in [2.05, 4.69) is 0 Å². The molecule has 0 radical (unpaired) electrons. The lowest BCUT2D eigenvalue weighted by Gasteiger charge is -2.39. The van der Waals surface area contributed by atoms with Gasteiger partial charge in [-0.25, -0.2) is 4.79 Å². The number of fused-ring (bicyclic) bond motifs is 1. The predicted octanol–water partition coefficient (Wildman–Crippen LogP) is 2.30. The van der Waals surface area contributed by atoms with E-state index in [-0.39, 0.29) is 12.8 Å². The van der Waals surface area contributed by atoms with Crippen molar-refractivity contribution < 1.29 is 14.4 Å². The SMILES string of the molecule is CN1C(=O)N(C)C(=O)C2(Cc3cc(CCl)c(CCl)cc3C2)C1=O. The fourth-order valence-corrected chi connectivity index (χ4v) is 4.01. The van der Waals surface area contributed by atoms with Gasteiger partial charge >= 0.3 is 6.03 Å². The van der Waals surface area contributed by atoms with Gasteiger partial charge in [0.25, 0.3) is 0 Å². The fraction of sp³-hybridized carbons (Fsp3) is 0.438. The molecule has 4 amide bonds. The zero-order valence-electron chi connectivity index (χ0n) is 12.9. The first-order valence-electron chi connectivity index (χ1n) is 7.21. The maximum Gasteiger partial charge on any atom is 0.332 e. The highest BCUT2D eigenvalue weighted by atomic mass is 35.5. The monoisotopic (exact) mass is 354 g/mol. The van der Waals surface area contributed by atoms with Crippen LogP contribution in [0, 0.1) is 5.41 Å². The Bertz CT molecular complexity index is 673. The molecule has 1 aromatic rings. The second-order valence-corrected chi connectivity index (χ2v) is 6.64. The van der Waals surface area contributed by atoms with Gasteiger partial charge in [0.1, 0.15) is 5.41 Å².